The van der Waals surface area contributed by atoms with Crippen LogP contribution in [0, 0.1) is 0 Å². The lowest BCUT2D eigenvalue weighted by atomic mass is 10.2. The summed E-state index contributed by atoms with van der Waals surface area (Å²) in [7, 11) is 0. The van der Waals surface area contributed by atoms with Gasteiger partial charge in [-0.05, 0) is 31.4 Å². The molecule has 4 heteroatoms. The minimum atomic E-state index is 0.0738. The van der Waals surface area contributed by atoms with E-state index in [-0.39, 0.29) is 6.23 Å². The summed E-state index contributed by atoms with van der Waals surface area (Å²) in [5.74, 6) is 0. The van der Waals surface area contributed by atoms with Crippen molar-refractivity contribution >= 4 is 22.5 Å². The maximum Gasteiger partial charge on any atom is 0.150 e. The Morgan fingerprint density at radius 2 is 2.31 bits per heavy atom. The number of hydrogen-bond acceptors (Lipinski definition) is 2. The van der Waals surface area contributed by atoms with E-state index < -0.39 is 0 Å². The minimum Gasteiger partial charge on any atom is -0.356 e. The van der Waals surface area contributed by atoms with E-state index in [2.05, 4.69) is 5.10 Å². The van der Waals surface area contributed by atoms with Gasteiger partial charge in [-0.2, -0.15) is 5.10 Å². The molecule has 1 aliphatic heterocycles. The summed E-state index contributed by atoms with van der Waals surface area (Å²) < 4.78 is 7.67. The van der Waals surface area contributed by atoms with Crippen LogP contribution in [0.3, 0.4) is 0 Å². The number of ether oxygens (including phenoxy) is 1. The topological polar surface area (TPSA) is 27.1 Å². The molecule has 1 fully saturated rings. The van der Waals surface area contributed by atoms with Gasteiger partial charge in [-0.15, -0.1) is 0 Å². The van der Waals surface area contributed by atoms with Gasteiger partial charge in [-0.1, -0.05) is 17.7 Å². The Hall–Kier alpha value is -1.06. The Morgan fingerprint density at radius 1 is 1.38 bits per heavy atom. The van der Waals surface area contributed by atoms with Crippen LogP contribution in [0.2, 0.25) is 5.02 Å². The second-order valence-electron chi connectivity index (χ2n) is 4.08. The molecule has 1 atom stereocenters. The predicted molar refractivity (Wildman–Crippen MR) is 63.6 cm³/mol. The maximum atomic E-state index is 6.12. The molecule has 3 rings (SSSR count). The van der Waals surface area contributed by atoms with Crippen molar-refractivity contribution in [3.63, 3.8) is 0 Å². The van der Waals surface area contributed by atoms with Crippen LogP contribution in [0.15, 0.2) is 24.4 Å². The van der Waals surface area contributed by atoms with E-state index in [1.807, 2.05) is 29.1 Å². The minimum absolute atomic E-state index is 0.0738. The Balaban J connectivity index is 2.06. The van der Waals surface area contributed by atoms with Crippen molar-refractivity contribution in [3.05, 3.63) is 29.4 Å². The second-order valence-corrected chi connectivity index (χ2v) is 4.49. The largest absolute Gasteiger partial charge is 0.356 e. The highest BCUT2D eigenvalue weighted by Crippen LogP contribution is 2.28. The summed E-state index contributed by atoms with van der Waals surface area (Å²) in [6.07, 6.45) is 5.27. The highest BCUT2D eigenvalue weighted by molar-refractivity contribution is 6.35. The van der Waals surface area contributed by atoms with E-state index >= 15 is 0 Å². The van der Waals surface area contributed by atoms with Gasteiger partial charge in [0.25, 0.3) is 0 Å². The molecule has 0 radical (unpaired) electrons. The Morgan fingerprint density at radius 3 is 3.12 bits per heavy atom. The van der Waals surface area contributed by atoms with Crippen molar-refractivity contribution in [2.45, 2.75) is 25.5 Å². The number of nitrogens with zero attached hydrogens (tertiary/aromatic N) is 2. The smallest absolute Gasteiger partial charge is 0.150 e. The first-order chi connectivity index (χ1) is 7.86. The van der Waals surface area contributed by atoms with E-state index in [0.717, 1.165) is 35.4 Å². The molecule has 2 aromatic rings. The Bertz CT molecular complexity index is 503. The summed E-state index contributed by atoms with van der Waals surface area (Å²) in [5.41, 5.74) is 1.06. The molecule has 84 valence electrons. The zero-order valence-corrected chi connectivity index (χ0v) is 9.65. The van der Waals surface area contributed by atoms with Crippen LogP contribution in [0.5, 0.6) is 0 Å². The van der Waals surface area contributed by atoms with E-state index in [4.69, 9.17) is 16.3 Å². The number of fused-ring (bicyclic) bond motifs is 1. The first-order valence-corrected chi connectivity index (χ1v) is 5.97. The van der Waals surface area contributed by atoms with Gasteiger partial charge in [-0.25, -0.2) is 4.68 Å². The van der Waals surface area contributed by atoms with Gasteiger partial charge in [0.15, 0.2) is 6.23 Å². The number of halogens is 1. The fourth-order valence-corrected chi connectivity index (χ4v) is 2.40. The van der Waals surface area contributed by atoms with Crippen molar-refractivity contribution in [3.8, 4) is 0 Å². The quantitative estimate of drug-likeness (QED) is 0.759. The number of benzene rings is 1. The molecule has 0 saturated carbocycles. The molecule has 0 aliphatic carbocycles. The van der Waals surface area contributed by atoms with Gasteiger partial charge in [0, 0.05) is 12.0 Å². The Kier molecular flexibility index (Phi) is 2.58. The summed E-state index contributed by atoms with van der Waals surface area (Å²) >= 11 is 6.12. The third-order valence-electron chi connectivity index (χ3n) is 3.02. The lowest BCUT2D eigenvalue weighted by Crippen LogP contribution is -2.18. The fourth-order valence-electron chi connectivity index (χ4n) is 2.18. The summed E-state index contributed by atoms with van der Waals surface area (Å²) in [5, 5.41) is 6.14. The van der Waals surface area contributed by atoms with Gasteiger partial charge in [0.2, 0.25) is 0 Å². The molecule has 1 aromatic heterocycles. The standard InChI is InChI=1S/C12H13ClN2O/c13-10-4-3-5-11-9(10)8-14-15(11)12-6-1-2-7-16-12/h3-5,8,12H,1-2,6-7H2/t12-/m0/s1. The SMILES string of the molecule is Clc1cccc2c1cnn2[C@@H]1CCCCO1. The van der Waals surface area contributed by atoms with Gasteiger partial charge < -0.3 is 4.74 Å². The molecule has 0 N–H and O–H groups in total. The highest BCUT2D eigenvalue weighted by Gasteiger charge is 2.18. The normalized spacial score (nSPS) is 21.4. The molecule has 1 saturated heterocycles. The molecular weight excluding hydrogens is 224 g/mol. The van der Waals surface area contributed by atoms with E-state index in [1.54, 1.807) is 0 Å². The molecular formula is C12H13ClN2O. The molecule has 0 spiro atoms. The van der Waals surface area contributed by atoms with Crippen LogP contribution in [-0.2, 0) is 4.74 Å². The molecule has 1 aromatic carbocycles. The zero-order valence-electron chi connectivity index (χ0n) is 8.90. The molecule has 1 aliphatic rings. The summed E-state index contributed by atoms with van der Waals surface area (Å²) in [6, 6.07) is 5.87. The molecule has 0 bridgehead atoms. The van der Waals surface area contributed by atoms with Crippen molar-refractivity contribution in [1.82, 2.24) is 9.78 Å². The van der Waals surface area contributed by atoms with Crippen LogP contribution in [-0.4, -0.2) is 16.4 Å². The number of hydrogen-bond donors (Lipinski definition) is 0. The van der Waals surface area contributed by atoms with Crippen molar-refractivity contribution in [2.75, 3.05) is 6.61 Å². The van der Waals surface area contributed by atoms with Gasteiger partial charge in [-0.3, -0.25) is 0 Å². The van der Waals surface area contributed by atoms with Gasteiger partial charge in [0.1, 0.15) is 0 Å². The third kappa shape index (κ3) is 1.60. The van der Waals surface area contributed by atoms with E-state index in [0.29, 0.717) is 0 Å². The molecule has 0 unspecified atom stereocenters. The van der Waals surface area contributed by atoms with Crippen molar-refractivity contribution in [2.24, 2.45) is 0 Å². The number of rotatable bonds is 1. The number of aromatic nitrogens is 2. The summed E-state index contributed by atoms with van der Waals surface area (Å²) in [6.45, 7) is 0.826. The van der Waals surface area contributed by atoms with Crippen LogP contribution < -0.4 is 0 Å². The zero-order chi connectivity index (χ0) is 11.0. The fraction of sp³-hybridized carbons (Fsp3) is 0.417. The van der Waals surface area contributed by atoms with Gasteiger partial charge >= 0.3 is 0 Å². The highest BCUT2D eigenvalue weighted by atomic mass is 35.5. The van der Waals surface area contributed by atoms with Crippen molar-refractivity contribution in [1.29, 1.82) is 0 Å². The van der Waals surface area contributed by atoms with Crippen LogP contribution in [0.1, 0.15) is 25.5 Å². The third-order valence-corrected chi connectivity index (χ3v) is 3.35. The Labute approximate surface area is 99.0 Å². The predicted octanol–water partition coefficient (Wildman–Crippen LogP) is 3.39. The lowest BCUT2D eigenvalue weighted by Gasteiger charge is -2.23. The van der Waals surface area contributed by atoms with Crippen LogP contribution in [0.4, 0.5) is 0 Å². The first-order valence-electron chi connectivity index (χ1n) is 5.59. The first kappa shape index (κ1) is 10.1. The molecule has 0 amide bonds. The average molecular weight is 237 g/mol. The molecule has 2 heterocycles. The van der Waals surface area contributed by atoms with E-state index in [9.17, 15) is 0 Å². The summed E-state index contributed by atoms with van der Waals surface area (Å²) in [4.78, 5) is 0. The monoisotopic (exact) mass is 236 g/mol. The second kappa shape index (κ2) is 4.07. The van der Waals surface area contributed by atoms with Crippen LogP contribution >= 0.6 is 11.6 Å². The van der Waals surface area contributed by atoms with Crippen LogP contribution in [0.25, 0.3) is 10.9 Å². The maximum absolute atomic E-state index is 6.12. The van der Waals surface area contributed by atoms with Gasteiger partial charge in [0.05, 0.1) is 16.7 Å². The average Bonchev–Trinajstić information content (AvgIpc) is 2.75. The molecule has 16 heavy (non-hydrogen) atoms. The van der Waals surface area contributed by atoms with E-state index in [1.165, 1.54) is 6.42 Å². The lowest BCUT2D eigenvalue weighted by molar-refractivity contribution is -0.0366. The van der Waals surface area contributed by atoms with Crippen molar-refractivity contribution < 1.29 is 4.74 Å². The molecule has 3 nitrogen and oxygen atoms in total.